The smallest absolute Gasteiger partial charge is 0.227 e. The highest BCUT2D eigenvalue weighted by molar-refractivity contribution is 5.98. The Kier molecular flexibility index (Phi) is 5.81. The molecule has 7 rings (SSSR count). The van der Waals surface area contributed by atoms with Gasteiger partial charge in [0.25, 0.3) is 0 Å². The lowest BCUT2D eigenvalue weighted by atomic mass is 9.88. The van der Waals surface area contributed by atoms with Crippen molar-refractivity contribution in [1.82, 2.24) is 35.1 Å². The van der Waals surface area contributed by atoms with Crippen LogP contribution in [0.25, 0.3) is 55.8 Å². The zero-order valence-electron chi connectivity index (χ0n) is 21.2. The highest BCUT2D eigenvalue weighted by Gasteiger charge is 2.21. The van der Waals surface area contributed by atoms with Crippen LogP contribution in [0.1, 0.15) is 32.1 Å². The van der Waals surface area contributed by atoms with Gasteiger partial charge < -0.3 is 10.3 Å². The number of hydrogen-bond acceptors (Lipinski definition) is 6. The Hall–Kier alpha value is -4.92. The second kappa shape index (κ2) is 9.75. The van der Waals surface area contributed by atoms with E-state index < -0.39 is 0 Å². The molecule has 192 valence electrons. The van der Waals surface area contributed by atoms with Gasteiger partial charge in [0, 0.05) is 47.2 Å². The normalized spacial score (nSPS) is 14.2. The van der Waals surface area contributed by atoms with E-state index in [2.05, 4.69) is 41.5 Å². The van der Waals surface area contributed by atoms with Crippen LogP contribution >= 0.6 is 0 Å². The zero-order valence-corrected chi connectivity index (χ0v) is 21.2. The third-order valence-electron chi connectivity index (χ3n) is 7.46. The molecule has 0 saturated heterocycles. The van der Waals surface area contributed by atoms with Crippen LogP contribution in [0, 0.1) is 5.92 Å². The van der Waals surface area contributed by atoms with Crippen molar-refractivity contribution in [3.63, 3.8) is 0 Å². The van der Waals surface area contributed by atoms with Crippen LogP contribution in [0.4, 0.5) is 5.69 Å². The topological polar surface area (TPSA) is 125 Å². The van der Waals surface area contributed by atoms with Gasteiger partial charge in [0.2, 0.25) is 5.91 Å². The predicted molar refractivity (Wildman–Crippen MR) is 151 cm³/mol. The van der Waals surface area contributed by atoms with Gasteiger partial charge in [-0.25, -0.2) is 4.98 Å². The largest absolute Gasteiger partial charge is 0.336 e. The van der Waals surface area contributed by atoms with Crippen LogP contribution in [0.2, 0.25) is 0 Å². The summed E-state index contributed by atoms with van der Waals surface area (Å²) in [6.45, 7) is 0. The van der Waals surface area contributed by atoms with Gasteiger partial charge in [0.15, 0.2) is 5.82 Å². The second-order valence-corrected chi connectivity index (χ2v) is 10.00. The number of aromatic nitrogens is 7. The number of aromatic amines is 2. The van der Waals surface area contributed by atoms with Crippen molar-refractivity contribution in [2.45, 2.75) is 32.1 Å². The summed E-state index contributed by atoms with van der Waals surface area (Å²) >= 11 is 0. The lowest BCUT2D eigenvalue weighted by Gasteiger charge is -2.20. The van der Waals surface area contributed by atoms with Crippen molar-refractivity contribution >= 4 is 33.5 Å². The monoisotopic (exact) mass is 514 g/mol. The molecule has 6 aromatic rings. The van der Waals surface area contributed by atoms with E-state index in [9.17, 15) is 4.79 Å². The molecule has 3 N–H and O–H groups in total. The fraction of sp³-hybridized carbons (Fsp3) is 0.200. The fourth-order valence-corrected chi connectivity index (χ4v) is 5.42. The lowest BCUT2D eigenvalue weighted by Crippen LogP contribution is -2.24. The highest BCUT2D eigenvalue weighted by Crippen LogP contribution is 2.33. The molecule has 0 atom stereocenters. The maximum Gasteiger partial charge on any atom is 0.227 e. The van der Waals surface area contributed by atoms with Crippen LogP contribution < -0.4 is 5.32 Å². The summed E-state index contributed by atoms with van der Waals surface area (Å²) in [5, 5.41) is 11.7. The van der Waals surface area contributed by atoms with Crippen LogP contribution in [-0.2, 0) is 4.79 Å². The summed E-state index contributed by atoms with van der Waals surface area (Å²) in [4.78, 5) is 34.2. The Balaban J connectivity index is 1.23. The minimum absolute atomic E-state index is 0.0883. The van der Waals surface area contributed by atoms with Gasteiger partial charge in [-0.3, -0.25) is 24.8 Å². The first-order valence-electron chi connectivity index (χ1n) is 13.2. The van der Waals surface area contributed by atoms with Crippen molar-refractivity contribution < 1.29 is 4.79 Å². The summed E-state index contributed by atoms with van der Waals surface area (Å²) in [7, 11) is 0. The number of fused-ring (bicyclic) bond motifs is 2. The number of anilines is 1. The summed E-state index contributed by atoms with van der Waals surface area (Å²) < 4.78 is 0. The average molecular weight is 515 g/mol. The first-order valence-corrected chi connectivity index (χ1v) is 13.2. The minimum Gasteiger partial charge on any atom is -0.336 e. The molecule has 9 heteroatoms. The van der Waals surface area contributed by atoms with Crippen LogP contribution in [0.3, 0.4) is 0 Å². The third kappa shape index (κ3) is 4.41. The van der Waals surface area contributed by atoms with E-state index in [4.69, 9.17) is 4.98 Å². The van der Waals surface area contributed by atoms with E-state index in [0.29, 0.717) is 11.5 Å². The first kappa shape index (κ1) is 23.2. The molecule has 0 bridgehead atoms. The molecule has 1 aromatic carbocycles. The fourth-order valence-electron chi connectivity index (χ4n) is 5.42. The molecular formula is C30H26N8O. The van der Waals surface area contributed by atoms with Gasteiger partial charge in [0.1, 0.15) is 11.2 Å². The van der Waals surface area contributed by atoms with Gasteiger partial charge in [-0.1, -0.05) is 25.3 Å². The van der Waals surface area contributed by atoms with Gasteiger partial charge in [-0.05, 0) is 54.8 Å². The average Bonchev–Trinajstić information content (AvgIpc) is 3.62. The molecule has 0 aliphatic heterocycles. The Morgan fingerprint density at radius 2 is 1.69 bits per heavy atom. The number of amides is 1. The van der Waals surface area contributed by atoms with Crippen LogP contribution in [0.5, 0.6) is 0 Å². The number of hydrogen-bond donors (Lipinski definition) is 3. The summed E-state index contributed by atoms with van der Waals surface area (Å²) in [5.74, 6) is 0.834. The van der Waals surface area contributed by atoms with Crippen molar-refractivity contribution in [3.8, 4) is 33.9 Å². The summed E-state index contributed by atoms with van der Waals surface area (Å²) in [6, 6.07) is 13.8. The predicted octanol–water partition coefficient (Wildman–Crippen LogP) is 6.14. The van der Waals surface area contributed by atoms with Crippen molar-refractivity contribution in [3.05, 3.63) is 73.4 Å². The molecule has 5 heterocycles. The van der Waals surface area contributed by atoms with E-state index in [-0.39, 0.29) is 11.8 Å². The number of benzene rings is 1. The van der Waals surface area contributed by atoms with Gasteiger partial charge in [-0.2, -0.15) is 5.10 Å². The zero-order chi connectivity index (χ0) is 26.2. The second-order valence-electron chi connectivity index (χ2n) is 10.00. The number of pyridine rings is 3. The molecule has 1 amide bonds. The number of H-pyrrole nitrogens is 2. The molecule has 0 unspecified atom stereocenters. The van der Waals surface area contributed by atoms with E-state index in [1.807, 2.05) is 42.6 Å². The first-order chi connectivity index (χ1) is 19.2. The summed E-state index contributed by atoms with van der Waals surface area (Å²) in [6.07, 6.45) is 14.2. The van der Waals surface area contributed by atoms with Gasteiger partial charge in [0.05, 0.1) is 28.6 Å². The van der Waals surface area contributed by atoms with Crippen molar-refractivity contribution in [2.24, 2.45) is 5.92 Å². The molecule has 0 spiro atoms. The molecule has 1 fully saturated rings. The quantitative estimate of drug-likeness (QED) is 0.254. The van der Waals surface area contributed by atoms with Gasteiger partial charge >= 0.3 is 0 Å². The molecule has 1 aliphatic rings. The standard InChI is InChI=1S/C30H26N8O/c39-30(19-4-2-1-3-5-19)34-22-14-21(16-32-17-22)20-6-7-24-23(15-20)27(38-37-24)29-35-25-10-13-33-26(28(25)36-29)18-8-11-31-12-9-18/h6-17,19H,1-5H2,(H,34,39)(H,35,36)(H,37,38). The van der Waals surface area contributed by atoms with E-state index in [1.165, 1.54) is 6.42 Å². The molecule has 0 radical (unpaired) electrons. The molecule has 1 saturated carbocycles. The number of nitrogens with zero attached hydrogens (tertiary/aromatic N) is 5. The lowest BCUT2D eigenvalue weighted by molar-refractivity contribution is -0.120. The number of imidazole rings is 1. The molecule has 5 aromatic heterocycles. The van der Waals surface area contributed by atoms with E-state index in [1.54, 1.807) is 24.8 Å². The minimum atomic E-state index is 0.0883. The molecule has 39 heavy (non-hydrogen) atoms. The number of rotatable bonds is 5. The Labute approximate surface area is 224 Å². The Morgan fingerprint density at radius 1 is 0.821 bits per heavy atom. The van der Waals surface area contributed by atoms with Crippen molar-refractivity contribution in [2.75, 3.05) is 5.32 Å². The van der Waals surface area contributed by atoms with E-state index in [0.717, 1.165) is 75.7 Å². The van der Waals surface area contributed by atoms with E-state index >= 15 is 0 Å². The maximum atomic E-state index is 12.8. The molecule has 9 nitrogen and oxygen atoms in total. The Bertz CT molecular complexity index is 1800. The van der Waals surface area contributed by atoms with Crippen molar-refractivity contribution in [1.29, 1.82) is 0 Å². The molecule has 1 aliphatic carbocycles. The van der Waals surface area contributed by atoms with Gasteiger partial charge in [-0.15, -0.1) is 0 Å². The third-order valence-corrected chi connectivity index (χ3v) is 7.46. The number of nitrogens with one attached hydrogen (secondary N) is 3. The van der Waals surface area contributed by atoms with Crippen LogP contribution in [0.15, 0.2) is 73.4 Å². The summed E-state index contributed by atoms with van der Waals surface area (Å²) in [5.41, 5.74) is 7.61. The maximum absolute atomic E-state index is 12.8. The number of carbonyl (C=O) groups is 1. The number of carbonyl (C=O) groups excluding carboxylic acids is 1. The highest BCUT2D eigenvalue weighted by atomic mass is 16.1. The molecular weight excluding hydrogens is 488 g/mol. The SMILES string of the molecule is O=C(Nc1cncc(-c2ccc3[nH]nc(-c4nc5c(-c6ccncc6)nccc5[nH]4)c3c2)c1)C1CCCCC1. The van der Waals surface area contributed by atoms with Crippen LogP contribution in [-0.4, -0.2) is 41.0 Å². The Morgan fingerprint density at radius 3 is 2.56 bits per heavy atom.